The van der Waals surface area contributed by atoms with Gasteiger partial charge in [-0.05, 0) is 73.6 Å². The Morgan fingerprint density at radius 1 is 1.09 bits per heavy atom. The highest BCUT2D eigenvalue weighted by Gasteiger charge is 2.13. The molecule has 1 heterocycles. The first-order valence-electron chi connectivity index (χ1n) is 9.33. The summed E-state index contributed by atoms with van der Waals surface area (Å²) in [4.78, 5) is 4.73. The largest absolute Gasteiger partial charge is 0.261 e. The molecule has 1 heteroatoms. The topological polar surface area (TPSA) is 12.9 Å². The molecule has 0 fully saturated rings. The predicted molar refractivity (Wildman–Crippen MR) is 98.6 cm³/mol. The Morgan fingerprint density at radius 3 is 2.65 bits per heavy atom. The average Bonchev–Trinajstić information content (AvgIpc) is 2.79. The van der Waals surface area contributed by atoms with E-state index in [2.05, 4.69) is 50.4 Å². The Balaban J connectivity index is 1.74. The van der Waals surface area contributed by atoms with E-state index in [4.69, 9.17) is 4.98 Å². The predicted octanol–water partition coefficient (Wildman–Crippen LogP) is 6.28. The van der Waals surface area contributed by atoms with Crippen molar-refractivity contribution in [1.82, 2.24) is 4.98 Å². The minimum absolute atomic E-state index is 0.656. The molecular weight excluding hydrogens is 278 g/mol. The van der Waals surface area contributed by atoms with E-state index in [1.165, 1.54) is 55.4 Å². The Hall–Kier alpha value is -1.63. The van der Waals surface area contributed by atoms with Crippen molar-refractivity contribution in [2.24, 2.45) is 0 Å². The van der Waals surface area contributed by atoms with Gasteiger partial charge in [0.05, 0.1) is 0 Å². The number of rotatable bonds is 5. The Labute approximate surface area is 141 Å². The molecule has 0 bridgehead atoms. The quantitative estimate of drug-likeness (QED) is 0.623. The fraction of sp³-hybridized carbons (Fsp3) is 0.500. The molecule has 2 aliphatic carbocycles. The van der Waals surface area contributed by atoms with Crippen molar-refractivity contribution in [2.75, 3.05) is 0 Å². The lowest BCUT2D eigenvalue weighted by atomic mass is 9.90. The molecule has 1 aromatic rings. The molecule has 0 saturated carbocycles. The third-order valence-electron chi connectivity index (χ3n) is 5.37. The van der Waals surface area contributed by atoms with E-state index in [9.17, 15) is 0 Å². The molecule has 3 rings (SSSR count). The lowest BCUT2D eigenvalue weighted by Crippen LogP contribution is -1.99. The molecule has 0 amide bonds. The fourth-order valence-corrected chi connectivity index (χ4v) is 3.88. The zero-order valence-electron chi connectivity index (χ0n) is 14.6. The lowest BCUT2D eigenvalue weighted by molar-refractivity contribution is 0.638. The molecule has 0 aromatic carbocycles. The van der Waals surface area contributed by atoms with Crippen molar-refractivity contribution in [3.63, 3.8) is 0 Å². The van der Waals surface area contributed by atoms with Crippen LogP contribution in [0, 0.1) is 0 Å². The number of hydrogen-bond donors (Lipinski definition) is 0. The van der Waals surface area contributed by atoms with Gasteiger partial charge in [0.2, 0.25) is 0 Å². The van der Waals surface area contributed by atoms with E-state index in [0.29, 0.717) is 5.92 Å². The van der Waals surface area contributed by atoms with Gasteiger partial charge in [0.25, 0.3) is 0 Å². The van der Waals surface area contributed by atoms with Gasteiger partial charge in [-0.15, -0.1) is 0 Å². The van der Waals surface area contributed by atoms with Gasteiger partial charge in [0.15, 0.2) is 0 Å². The third-order valence-corrected chi connectivity index (χ3v) is 5.37. The minimum Gasteiger partial charge on any atom is -0.261 e. The molecule has 122 valence electrons. The molecule has 1 nitrogen and oxygen atoms in total. The SMILES string of the molecule is CCC(CC)c1ccc(CC2=CC3=C(CC=C2)CCCC3)nc1. The van der Waals surface area contributed by atoms with Gasteiger partial charge in [0.1, 0.15) is 0 Å². The van der Waals surface area contributed by atoms with Crippen molar-refractivity contribution in [2.45, 2.75) is 71.1 Å². The second-order valence-electron chi connectivity index (χ2n) is 6.93. The molecule has 0 spiro atoms. The molecule has 1 aromatic heterocycles. The van der Waals surface area contributed by atoms with Crippen LogP contribution in [0.3, 0.4) is 0 Å². The minimum atomic E-state index is 0.656. The van der Waals surface area contributed by atoms with Crippen LogP contribution in [-0.4, -0.2) is 4.98 Å². The van der Waals surface area contributed by atoms with Gasteiger partial charge in [0, 0.05) is 18.3 Å². The van der Waals surface area contributed by atoms with Crippen molar-refractivity contribution in [3.8, 4) is 0 Å². The number of hydrogen-bond acceptors (Lipinski definition) is 1. The third kappa shape index (κ3) is 4.02. The van der Waals surface area contributed by atoms with Crippen LogP contribution in [0.5, 0.6) is 0 Å². The number of nitrogens with zero attached hydrogens (tertiary/aromatic N) is 1. The van der Waals surface area contributed by atoms with Crippen LogP contribution >= 0.6 is 0 Å². The first kappa shape index (κ1) is 16.2. The van der Waals surface area contributed by atoms with Gasteiger partial charge in [-0.3, -0.25) is 4.98 Å². The van der Waals surface area contributed by atoms with E-state index >= 15 is 0 Å². The van der Waals surface area contributed by atoms with E-state index < -0.39 is 0 Å². The molecule has 23 heavy (non-hydrogen) atoms. The van der Waals surface area contributed by atoms with E-state index in [1.807, 2.05) is 0 Å². The van der Waals surface area contributed by atoms with Gasteiger partial charge >= 0.3 is 0 Å². The summed E-state index contributed by atoms with van der Waals surface area (Å²) in [5, 5.41) is 0. The summed E-state index contributed by atoms with van der Waals surface area (Å²) in [6.07, 6.45) is 19.0. The van der Waals surface area contributed by atoms with Gasteiger partial charge < -0.3 is 0 Å². The summed E-state index contributed by atoms with van der Waals surface area (Å²) in [5.41, 5.74) is 7.26. The smallest absolute Gasteiger partial charge is 0.0447 e. The van der Waals surface area contributed by atoms with E-state index in [-0.39, 0.29) is 0 Å². The van der Waals surface area contributed by atoms with E-state index in [0.717, 1.165) is 12.8 Å². The van der Waals surface area contributed by atoms with Crippen LogP contribution in [-0.2, 0) is 6.42 Å². The maximum absolute atomic E-state index is 4.73. The van der Waals surface area contributed by atoms with Gasteiger partial charge in [-0.25, -0.2) is 0 Å². The maximum atomic E-state index is 4.73. The maximum Gasteiger partial charge on any atom is 0.0447 e. The molecular formula is C22H29N. The first-order chi connectivity index (χ1) is 11.3. The molecule has 0 atom stereocenters. The zero-order chi connectivity index (χ0) is 16.1. The van der Waals surface area contributed by atoms with E-state index in [1.54, 1.807) is 11.1 Å². The fourth-order valence-electron chi connectivity index (χ4n) is 3.88. The van der Waals surface area contributed by atoms with Crippen molar-refractivity contribution in [1.29, 1.82) is 0 Å². The standard InChI is InChI=1S/C22H29N/c1-3-18(4-2)21-12-13-22(23-16-21)15-17-8-7-11-19-9-5-6-10-20(19)14-17/h7-8,12-14,16,18H,3-6,9-11,15H2,1-2H3. The van der Waals surface area contributed by atoms with Gasteiger partial charge in [-0.2, -0.15) is 0 Å². The summed E-state index contributed by atoms with van der Waals surface area (Å²) in [5.74, 6) is 0.656. The van der Waals surface area contributed by atoms with Crippen molar-refractivity contribution >= 4 is 0 Å². The van der Waals surface area contributed by atoms with Crippen LogP contribution in [0.1, 0.15) is 76.0 Å². The lowest BCUT2D eigenvalue weighted by Gasteiger charge is -2.16. The Morgan fingerprint density at radius 2 is 1.91 bits per heavy atom. The number of aromatic nitrogens is 1. The highest BCUT2D eigenvalue weighted by atomic mass is 14.7. The summed E-state index contributed by atoms with van der Waals surface area (Å²) < 4.78 is 0. The highest BCUT2D eigenvalue weighted by molar-refractivity contribution is 5.40. The Kier molecular flexibility index (Phi) is 5.48. The molecule has 2 aliphatic rings. The summed E-state index contributed by atoms with van der Waals surface area (Å²) >= 11 is 0. The van der Waals surface area contributed by atoms with Crippen LogP contribution < -0.4 is 0 Å². The second-order valence-corrected chi connectivity index (χ2v) is 6.93. The number of pyridine rings is 1. The molecule has 0 unspecified atom stereocenters. The summed E-state index contributed by atoms with van der Waals surface area (Å²) in [6.45, 7) is 4.53. The number of allylic oxidation sites excluding steroid dienone is 6. The summed E-state index contributed by atoms with van der Waals surface area (Å²) in [6, 6.07) is 4.51. The first-order valence-corrected chi connectivity index (χ1v) is 9.33. The normalized spacial score (nSPS) is 18.0. The van der Waals surface area contributed by atoms with Crippen LogP contribution in [0.4, 0.5) is 0 Å². The Bertz CT molecular complexity index is 612. The summed E-state index contributed by atoms with van der Waals surface area (Å²) in [7, 11) is 0. The van der Waals surface area contributed by atoms with Crippen molar-refractivity contribution < 1.29 is 0 Å². The average molecular weight is 307 g/mol. The zero-order valence-corrected chi connectivity index (χ0v) is 14.6. The molecule has 0 radical (unpaired) electrons. The monoisotopic (exact) mass is 307 g/mol. The molecule has 0 aliphatic heterocycles. The van der Waals surface area contributed by atoms with Gasteiger partial charge in [-0.1, -0.05) is 43.7 Å². The van der Waals surface area contributed by atoms with Crippen molar-refractivity contribution in [3.05, 3.63) is 64.5 Å². The molecule has 0 N–H and O–H groups in total. The second kappa shape index (κ2) is 7.77. The molecule has 0 saturated heterocycles. The van der Waals surface area contributed by atoms with Crippen LogP contribution in [0.25, 0.3) is 0 Å². The highest BCUT2D eigenvalue weighted by Crippen LogP contribution is 2.31. The van der Waals surface area contributed by atoms with Crippen LogP contribution in [0.15, 0.2) is 53.3 Å². The van der Waals surface area contributed by atoms with Crippen LogP contribution in [0.2, 0.25) is 0 Å².